The first-order valence-electron chi connectivity index (χ1n) is 7.37. The molecule has 1 aliphatic carbocycles. The molecule has 0 radical (unpaired) electrons. The van der Waals surface area contributed by atoms with Crippen molar-refractivity contribution >= 4 is 17.8 Å². The van der Waals surface area contributed by atoms with Gasteiger partial charge in [-0.05, 0) is 37.4 Å². The highest BCUT2D eigenvalue weighted by Gasteiger charge is 2.25. The number of nitrogens with one attached hydrogen (secondary N) is 2. The summed E-state index contributed by atoms with van der Waals surface area (Å²) in [5, 5.41) is 16.2. The quantitative estimate of drug-likeness (QED) is 0.674. The summed E-state index contributed by atoms with van der Waals surface area (Å²) in [5.41, 5.74) is 0. The molecule has 5 heteroatoms. The van der Waals surface area contributed by atoms with Gasteiger partial charge >= 0.3 is 6.03 Å². The number of carbonyl (C=O) groups is 1. The molecule has 3 N–H and O–H groups in total. The minimum absolute atomic E-state index is 0.0943. The van der Waals surface area contributed by atoms with E-state index in [0.717, 1.165) is 18.6 Å². The zero-order chi connectivity index (χ0) is 14.3. The van der Waals surface area contributed by atoms with Crippen LogP contribution in [-0.4, -0.2) is 40.8 Å². The van der Waals surface area contributed by atoms with Crippen molar-refractivity contribution in [3.63, 3.8) is 0 Å². The van der Waals surface area contributed by atoms with Gasteiger partial charge in [0, 0.05) is 17.8 Å². The van der Waals surface area contributed by atoms with Crippen molar-refractivity contribution in [2.75, 3.05) is 12.3 Å². The Morgan fingerprint density at radius 2 is 2.16 bits per heavy atom. The molecule has 0 aromatic heterocycles. The zero-order valence-corrected chi connectivity index (χ0v) is 13.1. The van der Waals surface area contributed by atoms with E-state index in [-0.39, 0.29) is 18.1 Å². The van der Waals surface area contributed by atoms with Gasteiger partial charge < -0.3 is 15.7 Å². The summed E-state index contributed by atoms with van der Waals surface area (Å²) in [6, 6.07) is 0.224. The lowest BCUT2D eigenvalue weighted by molar-refractivity contribution is 0.116. The van der Waals surface area contributed by atoms with Gasteiger partial charge in [0.1, 0.15) is 0 Å². The predicted octanol–water partition coefficient (Wildman–Crippen LogP) is 2.37. The van der Waals surface area contributed by atoms with E-state index in [1.165, 1.54) is 6.42 Å². The summed E-state index contributed by atoms with van der Waals surface area (Å²) in [7, 11) is 0. The molecule has 112 valence electrons. The summed E-state index contributed by atoms with van der Waals surface area (Å²) >= 11 is 1.99. The van der Waals surface area contributed by atoms with Gasteiger partial charge in [-0.1, -0.05) is 20.8 Å². The van der Waals surface area contributed by atoms with Crippen LogP contribution in [0.1, 0.15) is 46.5 Å². The summed E-state index contributed by atoms with van der Waals surface area (Å²) in [6.45, 7) is 6.67. The zero-order valence-electron chi connectivity index (χ0n) is 12.3. The molecule has 0 bridgehead atoms. The van der Waals surface area contributed by atoms with E-state index in [0.29, 0.717) is 24.3 Å². The Morgan fingerprint density at radius 1 is 1.42 bits per heavy atom. The fourth-order valence-electron chi connectivity index (χ4n) is 2.36. The topological polar surface area (TPSA) is 61.4 Å². The lowest BCUT2D eigenvalue weighted by Crippen LogP contribution is -2.42. The van der Waals surface area contributed by atoms with Crippen molar-refractivity contribution in [2.24, 2.45) is 5.92 Å². The van der Waals surface area contributed by atoms with Crippen LogP contribution in [0.15, 0.2) is 0 Å². The van der Waals surface area contributed by atoms with Crippen LogP contribution in [0, 0.1) is 5.92 Å². The second kappa shape index (κ2) is 8.69. The number of aliphatic hydroxyl groups is 1. The lowest BCUT2D eigenvalue weighted by Gasteiger charge is -2.16. The Hall–Kier alpha value is -0.420. The van der Waals surface area contributed by atoms with Gasteiger partial charge in [-0.3, -0.25) is 0 Å². The molecule has 3 unspecified atom stereocenters. The van der Waals surface area contributed by atoms with Crippen LogP contribution >= 0.6 is 11.8 Å². The van der Waals surface area contributed by atoms with Crippen LogP contribution in [0.3, 0.4) is 0 Å². The number of rotatable bonds is 7. The Morgan fingerprint density at radius 3 is 2.79 bits per heavy atom. The van der Waals surface area contributed by atoms with Crippen LogP contribution in [-0.2, 0) is 0 Å². The van der Waals surface area contributed by atoms with Gasteiger partial charge in [-0.15, -0.1) is 0 Å². The smallest absolute Gasteiger partial charge is 0.315 e. The monoisotopic (exact) mass is 288 g/mol. The van der Waals surface area contributed by atoms with E-state index in [2.05, 4.69) is 17.6 Å². The van der Waals surface area contributed by atoms with Gasteiger partial charge in [0.15, 0.2) is 0 Å². The first-order valence-corrected chi connectivity index (χ1v) is 8.41. The van der Waals surface area contributed by atoms with Gasteiger partial charge in [-0.2, -0.15) is 11.8 Å². The maximum atomic E-state index is 11.7. The predicted molar refractivity (Wildman–Crippen MR) is 81.6 cm³/mol. The van der Waals surface area contributed by atoms with E-state index < -0.39 is 0 Å². The number of aliphatic hydroxyl groups excluding tert-OH is 1. The fourth-order valence-corrected chi connectivity index (χ4v) is 3.50. The second-order valence-electron chi connectivity index (χ2n) is 5.59. The third-order valence-corrected chi connectivity index (χ3v) is 4.85. The Bertz CT molecular complexity index is 274. The van der Waals surface area contributed by atoms with Crippen molar-refractivity contribution in [3.8, 4) is 0 Å². The van der Waals surface area contributed by atoms with E-state index in [9.17, 15) is 9.90 Å². The molecule has 0 aromatic carbocycles. The number of carbonyl (C=O) groups excluding carboxylic acids is 1. The second-order valence-corrected chi connectivity index (χ2v) is 7.16. The van der Waals surface area contributed by atoms with Crippen molar-refractivity contribution in [3.05, 3.63) is 0 Å². The third kappa shape index (κ3) is 6.52. The van der Waals surface area contributed by atoms with Crippen LogP contribution in [0.25, 0.3) is 0 Å². The fraction of sp³-hybridized carbons (Fsp3) is 0.929. The molecular formula is C14H28N2O2S. The number of hydrogen-bond donors (Lipinski definition) is 3. The number of thioether (sulfide) groups is 1. The summed E-state index contributed by atoms with van der Waals surface area (Å²) in [6.07, 6.45) is 3.65. The minimum Gasteiger partial charge on any atom is -0.393 e. The first kappa shape index (κ1) is 16.6. The highest BCUT2D eigenvalue weighted by Crippen LogP contribution is 2.29. The molecule has 0 aliphatic heterocycles. The van der Waals surface area contributed by atoms with Crippen molar-refractivity contribution in [1.82, 2.24) is 10.6 Å². The largest absolute Gasteiger partial charge is 0.393 e. The molecule has 0 heterocycles. The molecule has 1 rings (SSSR count). The van der Waals surface area contributed by atoms with E-state index in [4.69, 9.17) is 0 Å². The highest BCUT2D eigenvalue weighted by molar-refractivity contribution is 7.99. The lowest BCUT2D eigenvalue weighted by atomic mass is 10.0. The molecule has 1 saturated carbocycles. The molecule has 1 aliphatic rings. The SMILES string of the molecule is CCSC1CCC(NC(=O)NCCC(O)C(C)C)C1. The number of amides is 2. The van der Waals surface area contributed by atoms with Crippen LogP contribution in [0.5, 0.6) is 0 Å². The Labute approximate surface area is 121 Å². The Kier molecular flexibility index (Phi) is 7.61. The summed E-state index contributed by atoms with van der Waals surface area (Å²) in [5.74, 6) is 1.39. The van der Waals surface area contributed by atoms with Crippen LogP contribution in [0.4, 0.5) is 4.79 Å². The molecule has 1 fully saturated rings. The summed E-state index contributed by atoms with van der Waals surface area (Å²) in [4.78, 5) is 11.7. The third-order valence-electron chi connectivity index (χ3n) is 3.62. The summed E-state index contributed by atoms with van der Waals surface area (Å²) < 4.78 is 0. The molecule has 0 saturated heterocycles. The normalized spacial score (nSPS) is 24.5. The number of hydrogen-bond acceptors (Lipinski definition) is 3. The van der Waals surface area contributed by atoms with Gasteiger partial charge in [0.2, 0.25) is 0 Å². The Balaban J connectivity index is 2.11. The van der Waals surface area contributed by atoms with Gasteiger partial charge in [0.05, 0.1) is 6.10 Å². The molecular weight excluding hydrogens is 260 g/mol. The van der Waals surface area contributed by atoms with E-state index in [1.807, 2.05) is 25.6 Å². The molecule has 4 nitrogen and oxygen atoms in total. The van der Waals surface area contributed by atoms with Crippen LogP contribution in [0.2, 0.25) is 0 Å². The molecule has 2 amide bonds. The standard InChI is InChI=1S/C14H28N2O2S/c1-4-19-12-6-5-11(9-12)16-14(18)15-8-7-13(17)10(2)3/h10-13,17H,4-9H2,1-3H3,(H2,15,16,18). The van der Waals surface area contributed by atoms with Gasteiger partial charge in [0.25, 0.3) is 0 Å². The van der Waals surface area contributed by atoms with Crippen molar-refractivity contribution < 1.29 is 9.90 Å². The molecule has 3 atom stereocenters. The highest BCUT2D eigenvalue weighted by atomic mass is 32.2. The van der Waals surface area contributed by atoms with E-state index >= 15 is 0 Å². The van der Waals surface area contributed by atoms with Crippen LogP contribution < -0.4 is 10.6 Å². The first-order chi connectivity index (χ1) is 9.02. The van der Waals surface area contributed by atoms with Crippen molar-refractivity contribution in [2.45, 2.75) is 63.9 Å². The van der Waals surface area contributed by atoms with E-state index in [1.54, 1.807) is 0 Å². The molecule has 19 heavy (non-hydrogen) atoms. The number of urea groups is 1. The maximum absolute atomic E-state index is 11.7. The van der Waals surface area contributed by atoms with Crippen molar-refractivity contribution in [1.29, 1.82) is 0 Å². The maximum Gasteiger partial charge on any atom is 0.315 e. The average Bonchev–Trinajstić information content (AvgIpc) is 2.76. The minimum atomic E-state index is -0.336. The average molecular weight is 288 g/mol. The molecule has 0 spiro atoms. The molecule has 0 aromatic rings. The van der Waals surface area contributed by atoms with Gasteiger partial charge in [-0.25, -0.2) is 4.79 Å².